The Hall–Kier alpha value is -5.41. The standard InChI is InChI=1S/C33H30F2N10/c1-3-24(31-37-19-26(20-38-31)27-21-39-44(22-27)15-14-43-12-5-6-13-43)17-28(4-2)33(34,35)32-41-40-30-11-10-29(42-45(30)32)25-9-7-8-23(16-25)18-36/h3-4,7-11,16-17,19-22H,1,5-6,12-15H2,2H3/b24-17+,28-4+. The Bertz CT molecular complexity index is 1940. The Balaban J connectivity index is 1.24. The second kappa shape index (κ2) is 12.7. The molecule has 6 rings (SSSR count). The molecule has 0 N–H and O–H groups in total. The van der Waals surface area contributed by atoms with E-state index in [4.69, 9.17) is 0 Å². The van der Waals surface area contributed by atoms with Crippen LogP contribution in [0.25, 0.3) is 33.6 Å². The van der Waals surface area contributed by atoms with Crippen molar-refractivity contribution in [3.63, 3.8) is 0 Å². The van der Waals surface area contributed by atoms with Crippen molar-refractivity contribution >= 4 is 11.2 Å². The van der Waals surface area contributed by atoms with Crippen LogP contribution in [-0.4, -0.2) is 64.1 Å². The van der Waals surface area contributed by atoms with Crippen molar-refractivity contribution in [1.29, 1.82) is 5.26 Å². The van der Waals surface area contributed by atoms with Gasteiger partial charge in [-0.2, -0.15) is 28.8 Å². The molecule has 0 unspecified atom stereocenters. The summed E-state index contributed by atoms with van der Waals surface area (Å²) in [6.45, 7) is 9.35. The summed E-state index contributed by atoms with van der Waals surface area (Å²) in [5.74, 6) is -3.98. The van der Waals surface area contributed by atoms with Crippen LogP contribution < -0.4 is 0 Å². The van der Waals surface area contributed by atoms with Crippen molar-refractivity contribution < 1.29 is 8.78 Å². The molecular formula is C33H30F2N10. The molecule has 10 nitrogen and oxygen atoms in total. The summed E-state index contributed by atoms with van der Waals surface area (Å²) in [7, 11) is 0. The van der Waals surface area contributed by atoms with Crippen molar-refractivity contribution in [2.45, 2.75) is 32.2 Å². The highest BCUT2D eigenvalue weighted by molar-refractivity contribution is 5.73. The first kappa shape index (κ1) is 29.7. The Kier molecular flexibility index (Phi) is 8.35. The molecule has 45 heavy (non-hydrogen) atoms. The van der Waals surface area contributed by atoms with E-state index in [1.165, 1.54) is 38.0 Å². The molecule has 0 atom stereocenters. The Morgan fingerprint density at radius 1 is 1.02 bits per heavy atom. The number of nitriles is 1. The van der Waals surface area contributed by atoms with Gasteiger partial charge in [-0.25, -0.2) is 9.97 Å². The highest BCUT2D eigenvalue weighted by Gasteiger charge is 2.41. The fourth-order valence-electron chi connectivity index (χ4n) is 5.26. The third-order valence-electron chi connectivity index (χ3n) is 7.76. The number of likely N-dealkylation sites (tertiary alicyclic amines) is 1. The van der Waals surface area contributed by atoms with Gasteiger partial charge >= 0.3 is 5.92 Å². The maximum Gasteiger partial charge on any atom is 0.333 e. The smallest absolute Gasteiger partial charge is 0.301 e. The molecule has 0 spiro atoms. The van der Waals surface area contributed by atoms with Crippen molar-refractivity contribution in [1.82, 2.24) is 44.5 Å². The van der Waals surface area contributed by atoms with Gasteiger partial charge in [0.25, 0.3) is 0 Å². The summed E-state index contributed by atoms with van der Waals surface area (Å²) in [6, 6.07) is 12.0. The zero-order chi connectivity index (χ0) is 31.4. The molecule has 226 valence electrons. The van der Waals surface area contributed by atoms with Gasteiger partial charge in [0.1, 0.15) is 0 Å². The van der Waals surface area contributed by atoms with Crippen LogP contribution >= 0.6 is 0 Å². The molecule has 1 saturated heterocycles. The number of halogens is 2. The maximum atomic E-state index is 16.1. The molecule has 5 heterocycles. The van der Waals surface area contributed by atoms with Crippen LogP contribution in [0.15, 0.2) is 91.6 Å². The van der Waals surface area contributed by atoms with E-state index in [2.05, 4.69) is 47.9 Å². The van der Waals surface area contributed by atoms with E-state index in [1.54, 1.807) is 55.0 Å². The predicted octanol–water partition coefficient (Wildman–Crippen LogP) is 5.72. The summed E-state index contributed by atoms with van der Waals surface area (Å²) >= 11 is 0. The fourth-order valence-corrected chi connectivity index (χ4v) is 5.26. The van der Waals surface area contributed by atoms with Crippen molar-refractivity contribution in [2.75, 3.05) is 19.6 Å². The average Bonchev–Trinajstić information content (AvgIpc) is 3.86. The first-order valence-electron chi connectivity index (χ1n) is 14.6. The molecule has 0 radical (unpaired) electrons. The summed E-state index contributed by atoms with van der Waals surface area (Å²) in [6.07, 6.45) is 13.5. The first-order chi connectivity index (χ1) is 21.9. The van der Waals surface area contributed by atoms with Crippen molar-refractivity contribution in [2.24, 2.45) is 0 Å². The van der Waals surface area contributed by atoms with Crippen LogP contribution in [0.3, 0.4) is 0 Å². The Labute approximate surface area is 258 Å². The summed E-state index contributed by atoms with van der Waals surface area (Å²) < 4.78 is 35.1. The quantitative estimate of drug-likeness (QED) is 0.186. The minimum absolute atomic E-state index is 0.159. The molecule has 1 aliphatic heterocycles. The number of hydrogen-bond donors (Lipinski definition) is 0. The van der Waals surface area contributed by atoms with Gasteiger partial charge in [0, 0.05) is 53.0 Å². The Morgan fingerprint density at radius 3 is 2.56 bits per heavy atom. The van der Waals surface area contributed by atoms with Gasteiger partial charge in [-0.15, -0.1) is 10.2 Å². The highest BCUT2D eigenvalue weighted by atomic mass is 19.3. The molecule has 0 saturated carbocycles. The number of benzene rings is 1. The fraction of sp³-hybridized carbons (Fsp3) is 0.242. The summed E-state index contributed by atoms with van der Waals surface area (Å²) in [5, 5.41) is 25.8. The van der Waals surface area contributed by atoms with Crippen LogP contribution in [0.1, 0.15) is 37.0 Å². The third kappa shape index (κ3) is 6.16. The second-order valence-corrected chi connectivity index (χ2v) is 10.7. The highest BCUT2D eigenvalue weighted by Crippen LogP contribution is 2.37. The first-order valence-corrected chi connectivity index (χ1v) is 14.6. The van der Waals surface area contributed by atoms with Gasteiger partial charge in [0.15, 0.2) is 11.5 Å². The molecule has 5 aromatic rings. The van der Waals surface area contributed by atoms with Gasteiger partial charge in [0.2, 0.25) is 5.82 Å². The number of nitrogens with zero attached hydrogens (tertiary/aromatic N) is 10. The zero-order valence-electron chi connectivity index (χ0n) is 24.7. The van der Waals surface area contributed by atoms with Crippen LogP contribution in [0.5, 0.6) is 0 Å². The van der Waals surface area contributed by atoms with Gasteiger partial charge in [-0.1, -0.05) is 30.9 Å². The number of fused-ring (bicyclic) bond motifs is 1. The second-order valence-electron chi connectivity index (χ2n) is 10.7. The van der Waals surface area contributed by atoms with E-state index in [0.29, 0.717) is 22.4 Å². The summed E-state index contributed by atoms with van der Waals surface area (Å²) in [4.78, 5) is 11.3. The normalized spacial score (nSPS) is 14.6. The van der Waals surface area contributed by atoms with E-state index < -0.39 is 11.7 Å². The molecule has 12 heteroatoms. The van der Waals surface area contributed by atoms with Crippen LogP contribution in [0.4, 0.5) is 8.78 Å². The lowest BCUT2D eigenvalue weighted by atomic mass is 10.0. The zero-order valence-corrected chi connectivity index (χ0v) is 24.7. The molecule has 0 amide bonds. The predicted molar refractivity (Wildman–Crippen MR) is 166 cm³/mol. The van der Waals surface area contributed by atoms with E-state index in [-0.39, 0.29) is 17.0 Å². The van der Waals surface area contributed by atoms with Crippen molar-refractivity contribution in [3.8, 4) is 28.5 Å². The van der Waals surface area contributed by atoms with Gasteiger partial charge < -0.3 is 4.90 Å². The molecular weight excluding hydrogens is 574 g/mol. The lowest BCUT2D eigenvalue weighted by molar-refractivity contribution is 0.0297. The van der Waals surface area contributed by atoms with Crippen LogP contribution in [0.2, 0.25) is 0 Å². The van der Waals surface area contributed by atoms with E-state index in [0.717, 1.165) is 41.8 Å². The topological polar surface area (TPSA) is 114 Å². The maximum absolute atomic E-state index is 16.1. The van der Waals surface area contributed by atoms with Crippen LogP contribution in [-0.2, 0) is 12.5 Å². The van der Waals surface area contributed by atoms with Gasteiger partial charge in [-0.3, -0.25) is 4.68 Å². The lowest BCUT2D eigenvalue weighted by Crippen LogP contribution is -2.24. The van der Waals surface area contributed by atoms with Gasteiger partial charge in [0.05, 0.1) is 30.1 Å². The molecule has 0 bridgehead atoms. The SMILES string of the molecule is C=C/C(=C\C(=C/C)C(F)(F)c1nnc2ccc(-c3cccc(C#N)c3)nn12)c1ncc(-c2cnn(CCN3CCCC3)c2)cn1. The molecule has 4 aromatic heterocycles. The minimum Gasteiger partial charge on any atom is -0.301 e. The number of aromatic nitrogens is 8. The van der Waals surface area contributed by atoms with Gasteiger partial charge in [-0.05, 0) is 63.2 Å². The molecule has 0 aliphatic carbocycles. The number of allylic oxidation sites excluding steroid dienone is 5. The lowest BCUT2D eigenvalue weighted by Gasteiger charge is -2.16. The molecule has 1 aliphatic rings. The molecule has 1 fully saturated rings. The third-order valence-corrected chi connectivity index (χ3v) is 7.76. The number of alkyl halides is 2. The molecule has 1 aromatic carbocycles. The van der Waals surface area contributed by atoms with E-state index >= 15 is 8.78 Å². The van der Waals surface area contributed by atoms with Crippen molar-refractivity contribution in [3.05, 3.63) is 109 Å². The van der Waals surface area contributed by atoms with E-state index in [1.807, 2.05) is 10.9 Å². The Morgan fingerprint density at radius 2 is 1.82 bits per heavy atom. The largest absolute Gasteiger partial charge is 0.333 e. The van der Waals surface area contributed by atoms with E-state index in [9.17, 15) is 5.26 Å². The number of hydrogen-bond acceptors (Lipinski definition) is 8. The number of rotatable bonds is 10. The minimum atomic E-state index is -3.58. The van der Waals surface area contributed by atoms with Crippen LogP contribution in [0, 0.1) is 11.3 Å². The summed E-state index contributed by atoms with van der Waals surface area (Å²) in [5.41, 5.74) is 3.19. The monoisotopic (exact) mass is 604 g/mol. The average molecular weight is 605 g/mol.